The summed E-state index contributed by atoms with van der Waals surface area (Å²) in [5.74, 6) is 0.548. The van der Waals surface area contributed by atoms with Gasteiger partial charge in [-0.2, -0.15) is 5.26 Å². The number of nitriles is 1. The van der Waals surface area contributed by atoms with Gasteiger partial charge in [-0.15, -0.1) is 46.4 Å². The van der Waals surface area contributed by atoms with Crippen molar-refractivity contribution in [2.75, 3.05) is 0 Å². The Labute approximate surface area is 140 Å². The SMILES string of the molecule is CC1CC(C#N)C(C2C(C)(C)C2(Cl)Cl)C2C(Cl)(Cl)C12C. The minimum atomic E-state index is -0.777. The lowest BCUT2D eigenvalue weighted by molar-refractivity contribution is 0.129. The highest BCUT2D eigenvalue weighted by molar-refractivity contribution is 6.53. The summed E-state index contributed by atoms with van der Waals surface area (Å²) in [6, 6.07) is 2.46. The molecule has 0 aromatic heterocycles. The van der Waals surface area contributed by atoms with Crippen LogP contribution in [0.4, 0.5) is 0 Å². The molecule has 6 atom stereocenters. The Hall–Kier alpha value is 0.650. The molecular weight excluding hydrogens is 336 g/mol. The van der Waals surface area contributed by atoms with Crippen molar-refractivity contribution >= 4 is 46.4 Å². The van der Waals surface area contributed by atoms with E-state index in [1.807, 2.05) is 0 Å². The van der Waals surface area contributed by atoms with Crippen LogP contribution in [0.1, 0.15) is 34.1 Å². The number of alkyl halides is 4. The van der Waals surface area contributed by atoms with Crippen LogP contribution in [0.5, 0.6) is 0 Å². The number of hydrogen-bond donors (Lipinski definition) is 0. The van der Waals surface area contributed by atoms with Crippen molar-refractivity contribution in [1.82, 2.24) is 0 Å². The van der Waals surface area contributed by atoms with Gasteiger partial charge >= 0.3 is 0 Å². The third-order valence-corrected chi connectivity index (χ3v) is 9.38. The van der Waals surface area contributed by atoms with Gasteiger partial charge in [0.15, 0.2) is 0 Å². The van der Waals surface area contributed by atoms with Crippen molar-refractivity contribution in [3.63, 3.8) is 0 Å². The summed E-state index contributed by atoms with van der Waals surface area (Å²) in [6.07, 6.45) is 0.825. The van der Waals surface area contributed by atoms with E-state index in [1.165, 1.54) is 0 Å². The summed E-state index contributed by atoms with van der Waals surface area (Å²) in [7, 11) is 0. The van der Waals surface area contributed by atoms with Gasteiger partial charge in [-0.1, -0.05) is 27.7 Å². The molecule has 0 aliphatic heterocycles. The normalized spacial score (nSPS) is 53.6. The fraction of sp³-hybridized carbons (Fsp3) is 0.933. The number of rotatable bonds is 1. The lowest BCUT2D eigenvalue weighted by Crippen LogP contribution is -2.33. The summed E-state index contributed by atoms with van der Waals surface area (Å²) in [5, 5.41) is 9.56. The molecule has 0 aromatic carbocycles. The summed E-state index contributed by atoms with van der Waals surface area (Å²) in [4.78, 5) is 0. The zero-order valence-electron chi connectivity index (χ0n) is 12.1. The van der Waals surface area contributed by atoms with Crippen molar-refractivity contribution < 1.29 is 0 Å². The molecule has 0 spiro atoms. The minimum Gasteiger partial charge on any atom is -0.198 e. The second kappa shape index (κ2) is 3.94. The summed E-state index contributed by atoms with van der Waals surface area (Å²) < 4.78 is -1.54. The molecule has 3 fully saturated rings. The Morgan fingerprint density at radius 3 is 1.90 bits per heavy atom. The highest BCUT2D eigenvalue weighted by atomic mass is 35.5. The summed E-state index contributed by atoms with van der Waals surface area (Å²) in [5.41, 5.74) is -0.319. The molecule has 0 N–H and O–H groups in total. The smallest absolute Gasteiger partial charge is 0.128 e. The Morgan fingerprint density at radius 2 is 1.50 bits per heavy atom. The van der Waals surface area contributed by atoms with Crippen molar-refractivity contribution in [1.29, 1.82) is 5.26 Å². The van der Waals surface area contributed by atoms with Crippen LogP contribution in [0.15, 0.2) is 0 Å². The third kappa shape index (κ3) is 1.48. The van der Waals surface area contributed by atoms with E-state index in [-0.39, 0.29) is 34.5 Å². The van der Waals surface area contributed by atoms with Gasteiger partial charge in [0.1, 0.15) is 8.67 Å². The van der Waals surface area contributed by atoms with Gasteiger partial charge < -0.3 is 0 Å². The van der Waals surface area contributed by atoms with Crippen LogP contribution >= 0.6 is 46.4 Å². The van der Waals surface area contributed by atoms with Crippen LogP contribution in [-0.4, -0.2) is 8.67 Å². The molecule has 0 aromatic rings. The van der Waals surface area contributed by atoms with Gasteiger partial charge in [0, 0.05) is 22.7 Å². The first kappa shape index (κ1) is 15.5. The quantitative estimate of drug-likeness (QED) is 0.576. The van der Waals surface area contributed by atoms with Crippen LogP contribution in [0.3, 0.4) is 0 Å². The summed E-state index contributed by atoms with van der Waals surface area (Å²) in [6.45, 7) is 8.41. The number of fused-ring (bicyclic) bond motifs is 1. The van der Waals surface area contributed by atoms with Crippen LogP contribution in [0, 0.1) is 51.8 Å². The van der Waals surface area contributed by atoms with E-state index in [0.717, 1.165) is 6.42 Å². The van der Waals surface area contributed by atoms with Gasteiger partial charge in [0.25, 0.3) is 0 Å². The first-order valence-corrected chi connectivity index (χ1v) is 8.62. The molecule has 3 rings (SSSR count). The largest absolute Gasteiger partial charge is 0.198 e. The van der Waals surface area contributed by atoms with Crippen LogP contribution in [0.25, 0.3) is 0 Å². The van der Waals surface area contributed by atoms with Crippen LogP contribution in [0.2, 0.25) is 0 Å². The van der Waals surface area contributed by atoms with Gasteiger partial charge in [-0.05, 0) is 18.3 Å². The molecule has 0 saturated heterocycles. The molecule has 0 bridgehead atoms. The van der Waals surface area contributed by atoms with E-state index in [0.29, 0.717) is 5.92 Å². The first-order chi connectivity index (χ1) is 8.95. The lowest BCUT2D eigenvalue weighted by atomic mass is 9.67. The van der Waals surface area contributed by atoms with E-state index in [4.69, 9.17) is 46.4 Å². The molecule has 0 radical (unpaired) electrons. The highest BCUT2D eigenvalue weighted by Gasteiger charge is 2.85. The molecule has 0 heterocycles. The zero-order valence-corrected chi connectivity index (χ0v) is 15.1. The van der Waals surface area contributed by atoms with E-state index >= 15 is 0 Å². The fourth-order valence-electron chi connectivity index (χ4n) is 4.86. The molecule has 1 nitrogen and oxygen atoms in total. The number of hydrogen-bond acceptors (Lipinski definition) is 1. The minimum absolute atomic E-state index is 0.0638. The highest BCUT2D eigenvalue weighted by Crippen LogP contribution is 2.84. The molecular formula is C15H19Cl4N. The van der Waals surface area contributed by atoms with E-state index in [2.05, 4.69) is 33.8 Å². The zero-order chi connectivity index (χ0) is 15.3. The Balaban J connectivity index is 2.01. The third-order valence-electron chi connectivity index (χ3n) is 6.65. The van der Waals surface area contributed by atoms with Crippen LogP contribution in [-0.2, 0) is 0 Å². The van der Waals surface area contributed by atoms with Gasteiger partial charge in [0.05, 0.1) is 12.0 Å². The molecule has 20 heavy (non-hydrogen) atoms. The molecule has 3 aliphatic rings. The van der Waals surface area contributed by atoms with E-state index in [1.54, 1.807) is 0 Å². The monoisotopic (exact) mass is 353 g/mol. The van der Waals surface area contributed by atoms with Gasteiger partial charge in [-0.25, -0.2) is 0 Å². The predicted molar refractivity (Wildman–Crippen MR) is 84.1 cm³/mol. The molecule has 5 heteroatoms. The molecule has 112 valence electrons. The molecule has 6 unspecified atom stereocenters. The summed E-state index contributed by atoms with van der Waals surface area (Å²) >= 11 is 26.2. The maximum absolute atomic E-state index is 9.56. The molecule has 3 aliphatic carbocycles. The molecule has 0 amide bonds. The lowest BCUT2D eigenvalue weighted by Gasteiger charge is -2.35. The Bertz CT molecular complexity index is 492. The standard InChI is InChI=1S/C15H19Cl4N/c1-7-5-8(6-20)9(10-12(2,3)14(10,16)17)11-13(7,4)15(11,18)19/h7-11H,5H2,1-4H3. The van der Waals surface area contributed by atoms with Crippen molar-refractivity contribution in [3.05, 3.63) is 0 Å². The van der Waals surface area contributed by atoms with Crippen LogP contribution < -0.4 is 0 Å². The average molecular weight is 355 g/mol. The predicted octanol–water partition coefficient (Wildman–Crippen LogP) is 5.42. The van der Waals surface area contributed by atoms with Gasteiger partial charge in [-0.3, -0.25) is 0 Å². The Morgan fingerprint density at radius 1 is 1.00 bits per heavy atom. The Kier molecular flexibility index (Phi) is 3.06. The number of nitrogens with zero attached hydrogens (tertiary/aromatic N) is 1. The second-order valence-electron chi connectivity index (χ2n) is 7.66. The first-order valence-electron chi connectivity index (χ1n) is 7.11. The van der Waals surface area contributed by atoms with E-state index in [9.17, 15) is 5.26 Å². The maximum atomic E-state index is 9.56. The van der Waals surface area contributed by atoms with Crippen molar-refractivity contribution in [2.45, 2.75) is 42.8 Å². The molecule has 3 saturated carbocycles. The topological polar surface area (TPSA) is 23.8 Å². The second-order valence-corrected chi connectivity index (χ2v) is 10.4. The van der Waals surface area contributed by atoms with Gasteiger partial charge in [0.2, 0.25) is 0 Å². The maximum Gasteiger partial charge on any atom is 0.128 e. The average Bonchev–Trinajstić information content (AvgIpc) is 2.94. The number of halogens is 4. The van der Waals surface area contributed by atoms with E-state index < -0.39 is 8.67 Å². The van der Waals surface area contributed by atoms with Crippen molar-refractivity contribution in [2.24, 2.45) is 40.4 Å². The van der Waals surface area contributed by atoms with Crippen molar-refractivity contribution in [3.8, 4) is 6.07 Å². The fourth-order valence-corrected chi connectivity index (χ4v) is 7.06.